The zero-order chi connectivity index (χ0) is 15.6. The number of ether oxygens (including phenoxy) is 1. The van der Waals surface area contributed by atoms with Crippen molar-refractivity contribution < 1.29 is 4.74 Å². The second kappa shape index (κ2) is 6.82. The topological polar surface area (TPSA) is 53.1 Å². The van der Waals surface area contributed by atoms with Gasteiger partial charge in [-0.15, -0.1) is 0 Å². The first-order valence-corrected chi connectivity index (χ1v) is 8.31. The Balaban J connectivity index is 2.38. The summed E-state index contributed by atoms with van der Waals surface area (Å²) in [6.07, 6.45) is 5.58. The normalized spacial score (nSPS) is 26.6. The summed E-state index contributed by atoms with van der Waals surface area (Å²) in [5, 5.41) is 4.55. The molecule has 1 aliphatic carbocycles. The van der Waals surface area contributed by atoms with Crippen molar-refractivity contribution in [1.82, 2.24) is 9.78 Å². The van der Waals surface area contributed by atoms with Crippen LogP contribution < -0.4 is 10.5 Å². The summed E-state index contributed by atoms with van der Waals surface area (Å²) in [6.45, 7) is 9.77. The van der Waals surface area contributed by atoms with Crippen molar-refractivity contribution in [3.05, 3.63) is 11.9 Å². The molecular weight excluding hydrogens is 262 g/mol. The van der Waals surface area contributed by atoms with Gasteiger partial charge in [-0.1, -0.05) is 13.8 Å². The van der Waals surface area contributed by atoms with E-state index in [1.807, 2.05) is 6.20 Å². The van der Waals surface area contributed by atoms with Gasteiger partial charge < -0.3 is 10.5 Å². The lowest BCUT2D eigenvalue weighted by atomic mass is 9.69. The number of rotatable bonds is 5. The van der Waals surface area contributed by atoms with Crippen molar-refractivity contribution in [2.75, 3.05) is 13.7 Å². The van der Waals surface area contributed by atoms with E-state index in [1.54, 1.807) is 7.11 Å². The summed E-state index contributed by atoms with van der Waals surface area (Å²) in [4.78, 5) is 0. The molecule has 1 saturated carbocycles. The molecule has 0 aliphatic heterocycles. The zero-order valence-corrected chi connectivity index (χ0v) is 14.2. The summed E-state index contributed by atoms with van der Waals surface area (Å²) < 4.78 is 7.73. The fourth-order valence-corrected chi connectivity index (χ4v) is 3.77. The smallest absolute Gasteiger partial charge is 0.160 e. The van der Waals surface area contributed by atoms with Crippen LogP contribution in [-0.2, 0) is 0 Å². The zero-order valence-electron chi connectivity index (χ0n) is 14.2. The molecule has 0 amide bonds. The van der Waals surface area contributed by atoms with Crippen LogP contribution in [0.4, 0.5) is 0 Å². The predicted octanol–water partition coefficient (Wildman–Crippen LogP) is 3.59. The van der Waals surface area contributed by atoms with Crippen molar-refractivity contribution in [2.45, 2.75) is 58.9 Å². The van der Waals surface area contributed by atoms with Crippen LogP contribution in [0.25, 0.3) is 0 Å². The SMILES string of the molecule is COc1cnn(C(C)C)c1C1CC(C(C)C)CCC1CN. The molecule has 4 nitrogen and oxygen atoms in total. The van der Waals surface area contributed by atoms with E-state index in [2.05, 4.69) is 37.5 Å². The van der Waals surface area contributed by atoms with Crippen LogP contribution in [0, 0.1) is 17.8 Å². The van der Waals surface area contributed by atoms with Crippen LogP contribution in [0.15, 0.2) is 6.20 Å². The Labute approximate surface area is 129 Å². The lowest BCUT2D eigenvalue weighted by molar-refractivity contribution is 0.187. The van der Waals surface area contributed by atoms with Crippen LogP contribution in [0.5, 0.6) is 5.75 Å². The third kappa shape index (κ3) is 3.25. The highest BCUT2D eigenvalue weighted by molar-refractivity contribution is 5.30. The van der Waals surface area contributed by atoms with E-state index in [-0.39, 0.29) is 0 Å². The molecule has 3 atom stereocenters. The van der Waals surface area contributed by atoms with Gasteiger partial charge in [0.05, 0.1) is 19.0 Å². The summed E-state index contributed by atoms with van der Waals surface area (Å²) in [7, 11) is 1.74. The van der Waals surface area contributed by atoms with Crippen molar-refractivity contribution in [1.29, 1.82) is 0 Å². The number of nitrogens with zero attached hydrogens (tertiary/aromatic N) is 2. The van der Waals surface area contributed by atoms with Crippen LogP contribution in [0.2, 0.25) is 0 Å². The molecule has 0 radical (unpaired) electrons. The first-order chi connectivity index (χ1) is 9.99. The molecule has 0 saturated heterocycles. The molecule has 1 heterocycles. The highest BCUT2D eigenvalue weighted by Crippen LogP contribution is 2.45. The van der Waals surface area contributed by atoms with E-state index in [0.717, 1.165) is 24.1 Å². The monoisotopic (exact) mass is 293 g/mol. The quantitative estimate of drug-likeness (QED) is 0.902. The number of hydrogen-bond donors (Lipinski definition) is 1. The standard InChI is InChI=1S/C17H31N3O/c1-11(2)13-6-7-14(9-18)15(8-13)17-16(21-5)10-19-20(17)12(3)4/h10-15H,6-9,18H2,1-5H3. The highest BCUT2D eigenvalue weighted by Gasteiger charge is 2.36. The molecule has 3 unspecified atom stereocenters. The molecule has 21 heavy (non-hydrogen) atoms. The van der Waals surface area contributed by atoms with E-state index in [0.29, 0.717) is 17.9 Å². The van der Waals surface area contributed by atoms with Gasteiger partial charge in [-0.2, -0.15) is 5.10 Å². The minimum atomic E-state index is 0.349. The van der Waals surface area contributed by atoms with Gasteiger partial charge in [0.25, 0.3) is 0 Å². The Kier molecular flexibility index (Phi) is 5.31. The van der Waals surface area contributed by atoms with Gasteiger partial charge in [0.1, 0.15) is 0 Å². The largest absolute Gasteiger partial charge is 0.493 e. The molecule has 1 aliphatic rings. The van der Waals surface area contributed by atoms with E-state index < -0.39 is 0 Å². The Hall–Kier alpha value is -1.03. The number of methoxy groups -OCH3 is 1. The molecule has 120 valence electrons. The van der Waals surface area contributed by atoms with Crippen molar-refractivity contribution in [3.63, 3.8) is 0 Å². The Morgan fingerprint density at radius 3 is 2.57 bits per heavy atom. The average molecular weight is 293 g/mol. The van der Waals surface area contributed by atoms with E-state index in [9.17, 15) is 0 Å². The van der Waals surface area contributed by atoms with Gasteiger partial charge in [0.15, 0.2) is 5.75 Å². The van der Waals surface area contributed by atoms with Gasteiger partial charge in [-0.25, -0.2) is 0 Å². The van der Waals surface area contributed by atoms with E-state index in [1.165, 1.54) is 25.0 Å². The van der Waals surface area contributed by atoms with Crippen LogP contribution in [-0.4, -0.2) is 23.4 Å². The maximum atomic E-state index is 6.07. The van der Waals surface area contributed by atoms with Gasteiger partial charge in [0.2, 0.25) is 0 Å². The van der Waals surface area contributed by atoms with Gasteiger partial charge in [-0.05, 0) is 57.4 Å². The fourth-order valence-electron chi connectivity index (χ4n) is 3.77. The number of hydrogen-bond acceptors (Lipinski definition) is 3. The first-order valence-electron chi connectivity index (χ1n) is 8.31. The third-order valence-corrected chi connectivity index (χ3v) is 5.14. The summed E-state index contributed by atoms with van der Waals surface area (Å²) in [5.74, 6) is 3.45. The maximum Gasteiger partial charge on any atom is 0.160 e. The van der Waals surface area contributed by atoms with Crippen LogP contribution >= 0.6 is 0 Å². The Morgan fingerprint density at radius 1 is 1.33 bits per heavy atom. The van der Waals surface area contributed by atoms with Gasteiger partial charge in [0, 0.05) is 12.0 Å². The Morgan fingerprint density at radius 2 is 2.05 bits per heavy atom. The minimum absolute atomic E-state index is 0.349. The molecule has 1 fully saturated rings. The van der Waals surface area contributed by atoms with Crippen LogP contribution in [0.1, 0.15) is 64.6 Å². The second-order valence-corrected chi connectivity index (χ2v) is 7.06. The molecule has 1 aromatic heterocycles. The minimum Gasteiger partial charge on any atom is -0.493 e. The van der Waals surface area contributed by atoms with Crippen LogP contribution in [0.3, 0.4) is 0 Å². The molecule has 0 spiro atoms. The molecular formula is C17H31N3O. The summed E-state index contributed by atoms with van der Waals surface area (Å²) in [6, 6.07) is 0.349. The number of nitrogens with two attached hydrogens (primary N) is 1. The molecule has 4 heteroatoms. The number of aromatic nitrogens is 2. The molecule has 2 N–H and O–H groups in total. The third-order valence-electron chi connectivity index (χ3n) is 5.14. The van der Waals surface area contributed by atoms with Crippen molar-refractivity contribution in [3.8, 4) is 5.75 Å². The summed E-state index contributed by atoms with van der Waals surface area (Å²) >= 11 is 0. The van der Waals surface area contributed by atoms with E-state index in [4.69, 9.17) is 10.5 Å². The predicted molar refractivity (Wildman–Crippen MR) is 86.6 cm³/mol. The average Bonchev–Trinajstić information content (AvgIpc) is 2.90. The lowest BCUT2D eigenvalue weighted by Crippen LogP contribution is -2.32. The maximum absolute atomic E-state index is 6.07. The van der Waals surface area contributed by atoms with Crippen molar-refractivity contribution >= 4 is 0 Å². The van der Waals surface area contributed by atoms with Crippen molar-refractivity contribution in [2.24, 2.45) is 23.5 Å². The first kappa shape index (κ1) is 16.3. The Bertz CT molecular complexity index is 453. The molecule has 1 aromatic rings. The molecule has 0 bridgehead atoms. The highest BCUT2D eigenvalue weighted by atomic mass is 16.5. The second-order valence-electron chi connectivity index (χ2n) is 7.06. The summed E-state index contributed by atoms with van der Waals surface area (Å²) in [5.41, 5.74) is 7.33. The fraction of sp³-hybridized carbons (Fsp3) is 0.824. The van der Waals surface area contributed by atoms with Gasteiger partial charge >= 0.3 is 0 Å². The molecule has 0 aromatic carbocycles. The lowest BCUT2D eigenvalue weighted by Gasteiger charge is -2.38. The molecule has 2 rings (SSSR count). The van der Waals surface area contributed by atoms with Gasteiger partial charge in [-0.3, -0.25) is 4.68 Å². The van der Waals surface area contributed by atoms with E-state index >= 15 is 0 Å².